The molecule has 1 amide bonds. The van der Waals surface area contributed by atoms with E-state index < -0.39 is 40.7 Å². The smallest absolute Gasteiger partial charge is 0.341 e. The van der Waals surface area contributed by atoms with Gasteiger partial charge < -0.3 is 35.7 Å². The van der Waals surface area contributed by atoms with E-state index in [-0.39, 0.29) is 78.8 Å². The first-order valence-corrected chi connectivity index (χ1v) is 16.2. The van der Waals surface area contributed by atoms with Crippen molar-refractivity contribution in [3.8, 4) is 5.75 Å². The number of hydrogen-bond donors (Lipinski definition) is 3. The molecule has 2 saturated heterocycles. The molecule has 15 heteroatoms. The number of nitrogens with two attached hydrogens (primary N) is 2. The van der Waals surface area contributed by atoms with Crippen LogP contribution in [-0.4, -0.2) is 77.6 Å². The fourth-order valence-electron chi connectivity index (χ4n) is 6.79. The minimum Gasteiger partial charge on any atom is -0.492 e. The minimum atomic E-state index is -1.39. The van der Waals surface area contributed by atoms with Crippen molar-refractivity contribution in [3.63, 3.8) is 0 Å². The lowest BCUT2D eigenvalue weighted by molar-refractivity contribution is -0.138. The molecule has 5 rings (SSSR count). The number of halogens is 4. The number of amides is 1. The van der Waals surface area contributed by atoms with Gasteiger partial charge in [0.2, 0.25) is 11.3 Å². The maximum Gasteiger partial charge on any atom is 0.341 e. The molecule has 1 saturated carbocycles. The summed E-state index contributed by atoms with van der Waals surface area (Å²) in [6.07, 6.45) is 6.82. The van der Waals surface area contributed by atoms with E-state index in [0.717, 1.165) is 31.7 Å². The van der Waals surface area contributed by atoms with E-state index >= 15 is 8.78 Å². The molecule has 1 aromatic heterocycles. The monoisotopic (exact) mass is 715 g/mol. The Morgan fingerprint density at radius 2 is 1.83 bits per heavy atom. The van der Waals surface area contributed by atoms with Crippen LogP contribution in [0.1, 0.15) is 87.0 Å². The van der Waals surface area contributed by atoms with Gasteiger partial charge in [0.25, 0.3) is 0 Å². The summed E-state index contributed by atoms with van der Waals surface area (Å²) in [4.78, 5) is 54.1. The number of ether oxygens (including phenoxy) is 1. The third-order valence-electron chi connectivity index (χ3n) is 9.35. The molecule has 2 atom stereocenters. The standard InChI is InChI=1S/C33H43F2N5O6.2ClH/c1-46-31-28-21(30(42)22(33(44)45)18-40(28)20-9-10-20)16-24(35)29(31)38-14-4-6-19(17-38)23(34)11-12-27(41)26-8-5-15-39(26)32(43)25(37)7-2-3-13-36;;/h16,18,20,25-26H,2-15,17,36-37H2,1H3,(H,44,45);2*1H/b23-19+;;/t25-,26-;;/m0../s1. The Bertz CT molecular complexity index is 1620. The molecule has 1 aromatic carbocycles. The summed E-state index contributed by atoms with van der Waals surface area (Å²) in [7, 11) is 1.36. The van der Waals surface area contributed by atoms with Crippen LogP contribution in [0.15, 0.2) is 28.5 Å². The molecule has 0 unspecified atom stereocenters. The molecule has 3 heterocycles. The Morgan fingerprint density at radius 3 is 2.48 bits per heavy atom. The molecule has 2 aromatic rings. The van der Waals surface area contributed by atoms with Gasteiger partial charge in [-0.15, -0.1) is 24.8 Å². The van der Waals surface area contributed by atoms with Gasteiger partial charge in [0.05, 0.1) is 30.1 Å². The van der Waals surface area contributed by atoms with Crippen LogP contribution in [0.2, 0.25) is 0 Å². The molecule has 48 heavy (non-hydrogen) atoms. The minimum absolute atomic E-state index is 0. The number of hydrogen-bond acceptors (Lipinski definition) is 8. The summed E-state index contributed by atoms with van der Waals surface area (Å²) in [5.74, 6) is -2.96. The lowest BCUT2D eigenvalue weighted by Crippen LogP contribution is -2.48. The van der Waals surface area contributed by atoms with E-state index in [9.17, 15) is 24.3 Å². The number of anilines is 1. The zero-order chi connectivity index (χ0) is 33.1. The van der Waals surface area contributed by atoms with Crippen LogP contribution in [0.25, 0.3) is 10.9 Å². The van der Waals surface area contributed by atoms with Crippen molar-refractivity contribution >= 4 is 59.1 Å². The lowest BCUT2D eigenvalue weighted by atomic mass is 9.98. The quantitative estimate of drug-likeness (QED) is 0.251. The zero-order valence-corrected chi connectivity index (χ0v) is 28.7. The van der Waals surface area contributed by atoms with Crippen LogP contribution in [0, 0.1) is 5.82 Å². The fourth-order valence-corrected chi connectivity index (χ4v) is 6.79. The molecule has 266 valence electrons. The first kappa shape index (κ1) is 39.2. The summed E-state index contributed by atoms with van der Waals surface area (Å²) in [5.41, 5.74) is 11.2. The molecule has 3 aliphatic rings. The number of carboxylic acid groups (broad SMARTS) is 1. The van der Waals surface area contributed by atoms with Crippen molar-refractivity contribution in [2.24, 2.45) is 11.5 Å². The Balaban J connectivity index is 0.00000312. The second-order valence-electron chi connectivity index (χ2n) is 12.5. The highest BCUT2D eigenvalue weighted by atomic mass is 35.5. The SMILES string of the molecule is COc1c(N2CCC/C(=C(\F)CCC(=O)[C@@H]3CCCN3C(=O)[C@@H](N)CCCCN)C2)c(F)cc2c(=O)c(C(=O)O)cn(C3CC3)c12.Cl.Cl. The van der Waals surface area contributed by atoms with Gasteiger partial charge in [0, 0.05) is 44.7 Å². The Kier molecular flexibility index (Phi) is 13.8. The van der Waals surface area contributed by atoms with Crippen LogP contribution in [0.5, 0.6) is 5.75 Å². The molecule has 5 N–H and O–H groups in total. The Labute approximate surface area is 290 Å². The molecule has 3 fully saturated rings. The van der Waals surface area contributed by atoms with Crippen molar-refractivity contribution < 1.29 is 33.0 Å². The van der Waals surface area contributed by atoms with Crippen LogP contribution >= 0.6 is 24.8 Å². The zero-order valence-electron chi connectivity index (χ0n) is 27.1. The first-order chi connectivity index (χ1) is 22.1. The summed E-state index contributed by atoms with van der Waals surface area (Å²) in [6.45, 7) is 1.43. The van der Waals surface area contributed by atoms with Crippen molar-refractivity contribution in [2.45, 2.75) is 88.8 Å². The van der Waals surface area contributed by atoms with Crippen LogP contribution < -0.4 is 26.5 Å². The number of rotatable bonds is 13. The second-order valence-corrected chi connectivity index (χ2v) is 12.5. The number of piperidine rings is 1. The molecule has 11 nitrogen and oxygen atoms in total. The van der Waals surface area contributed by atoms with E-state index in [0.29, 0.717) is 62.8 Å². The van der Waals surface area contributed by atoms with Crippen molar-refractivity contribution in [1.29, 1.82) is 0 Å². The van der Waals surface area contributed by atoms with Crippen molar-refractivity contribution in [2.75, 3.05) is 38.2 Å². The molecular formula is C33H45Cl2F2N5O6. The number of aromatic carboxylic acids is 1. The summed E-state index contributed by atoms with van der Waals surface area (Å²) in [5, 5.41) is 9.50. The number of pyridine rings is 1. The number of fused-ring (bicyclic) bond motifs is 1. The number of methoxy groups -OCH3 is 1. The Hall–Kier alpha value is -3.26. The topological polar surface area (TPSA) is 161 Å². The highest BCUT2D eigenvalue weighted by molar-refractivity contribution is 5.97. The number of unbranched alkanes of at least 4 members (excludes halogenated alkanes) is 1. The molecule has 0 bridgehead atoms. The van der Waals surface area contributed by atoms with E-state index in [2.05, 4.69) is 0 Å². The van der Waals surface area contributed by atoms with Gasteiger partial charge in [-0.05, 0) is 69.6 Å². The van der Waals surface area contributed by atoms with Gasteiger partial charge in [-0.1, -0.05) is 6.42 Å². The average molecular weight is 717 g/mol. The number of ketones is 1. The van der Waals surface area contributed by atoms with E-state index in [4.69, 9.17) is 16.2 Å². The van der Waals surface area contributed by atoms with Gasteiger partial charge in [-0.2, -0.15) is 0 Å². The number of carboxylic acids is 1. The molecular weight excluding hydrogens is 671 g/mol. The predicted molar refractivity (Wildman–Crippen MR) is 184 cm³/mol. The second kappa shape index (κ2) is 16.9. The summed E-state index contributed by atoms with van der Waals surface area (Å²) in [6, 6.07) is -0.307. The number of aromatic nitrogens is 1. The highest BCUT2D eigenvalue weighted by Crippen LogP contribution is 2.44. The largest absolute Gasteiger partial charge is 0.492 e. The number of carbonyl (C=O) groups is 3. The summed E-state index contributed by atoms with van der Waals surface area (Å²) >= 11 is 0. The van der Waals surface area contributed by atoms with Crippen LogP contribution in [0.3, 0.4) is 0 Å². The molecule has 1 aliphatic carbocycles. The summed E-state index contributed by atoms with van der Waals surface area (Å²) < 4.78 is 38.8. The maximum atomic E-state index is 15.8. The lowest BCUT2D eigenvalue weighted by Gasteiger charge is -2.33. The number of Topliss-reactive ketones (excluding diaryl/α,β-unsaturated/α-hetero) is 1. The highest BCUT2D eigenvalue weighted by Gasteiger charge is 2.36. The molecule has 0 radical (unpaired) electrons. The number of allylic oxidation sites excluding steroid dienone is 1. The first-order valence-electron chi connectivity index (χ1n) is 16.2. The van der Waals surface area contributed by atoms with E-state index in [1.54, 1.807) is 9.47 Å². The normalized spacial score (nSPS) is 19.4. The number of likely N-dealkylation sites (tertiary alicyclic amines) is 1. The third-order valence-corrected chi connectivity index (χ3v) is 9.35. The number of carbonyl (C=O) groups excluding carboxylic acids is 2. The van der Waals surface area contributed by atoms with Crippen molar-refractivity contribution in [3.05, 3.63) is 45.3 Å². The van der Waals surface area contributed by atoms with Gasteiger partial charge in [0.15, 0.2) is 17.3 Å². The predicted octanol–water partition coefficient (Wildman–Crippen LogP) is 4.65. The molecule has 2 aliphatic heterocycles. The van der Waals surface area contributed by atoms with Crippen LogP contribution in [0.4, 0.5) is 14.5 Å². The van der Waals surface area contributed by atoms with E-state index in [1.165, 1.54) is 18.2 Å². The number of benzene rings is 1. The van der Waals surface area contributed by atoms with Gasteiger partial charge in [-0.3, -0.25) is 14.4 Å². The van der Waals surface area contributed by atoms with Gasteiger partial charge in [0.1, 0.15) is 17.1 Å². The number of nitrogens with zero attached hydrogens (tertiary/aromatic N) is 3. The molecule has 0 spiro atoms. The Morgan fingerprint density at radius 1 is 1.10 bits per heavy atom. The van der Waals surface area contributed by atoms with Crippen LogP contribution in [-0.2, 0) is 9.59 Å². The van der Waals surface area contributed by atoms with Crippen molar-refractivity contribution in [1.82, 2.24) is 9.47 Å². The third kappa shape index (κ3) is 8.12. The van der Waals surface area contributed by atoms with Gasteiger partial charge >= 0.3 is 5.97 Å². The average Bonchev–Trinajstić information content (AvgIpc) is 3.77. The van der Waals surface area contributed by atoms with Gasteiger partial charge in [-0.25, -0.2) is 13.6 Å². The fraction of sp³-hybridized carbons (Fsp3) is 0.576. The maximum absolute atomic E-state index is 15.8. The van der Waals surface area contributed by atoms with E-state index in [1.807, 2.05) is 0 Å².